The van der Waals surface area contributed by atoms with Crippen LogP contribution in [-0.2, 0) is 6.54 Å². The second-order valence-corrected chi connectivity index (χ2v) is 3.86. The molecule has 0 aliphatic heterocycles. The number of carbonyl (C=O) groups is 1. The number of rotatable bonds is 3. The Balaban J connectivity index is 1.94. The minimum absolute atomic E-state index is 0.114. The summed E-state index contributed by atoms with van der Waals surface area (Å²) < 4.78 is 0. The van der Waals surface area contributed by atoms with E-state index in [2.05, 4.69) is 15.3 Å². The van der Waals surface area contributed by atoms with E-state index in [0.29, 0.717) is 12.1 Å². The molecular weight excluding hydrogens is 210 g/mol. The van der Waals surface area contributed by atoms with Crippen LogP contribution in [0.2, 0.25) is 0 Å². The van der Waals surface area contributed by atoms with Crippen molar-refractivity contribution in [3.63, 3.8) is 0 Å². The number of nitrogens with one attached hydrogen (secondary N) is 1. The van der Waals surface area contributed by atoms with Crippen LogP contribution in [0.1, 0.15) is 15.2 Å². The van der Waals surface area contributed by atoms with Crippen molar-refractivity contribution in [2.24, 2.45) is 0 Å². The minimum Gasteiger partial charge on any atom is -0.347 e. The molecular formula is C10H9N3OS. The molecule has 5 heteroatoms. The first-order chi connectivity index (χ1) is 7.36. The molecule has 15 heavy (non-hydrogen) atoms. The summed E-state index contributed by atoms with van der Waals surface area (Å²) in [6, 6.07) is 3.47. The molecule has 0 fully saturated rings. The maximum absolute atomic E-state index is 11.6. The zero-order chi connectivity index (χ0) is 10.5. The van der Waals surface area contributed by atoms with Crippen LogP contribution in [0.3, 0.4) is 0 Å². The zero-order valence-corrected chi connectivity index (χ0v) is 8.70. The first kappa shape index (κ1) is 9.79. The molecule has 1 N–H and O–H groups in total. The van der Waals surface area contributed by atoms with Crippen molar-refractivity contribution >= 4 is 17.2 Å². The van der Waals surface area contributed by atoms with Gasteiger partial charge in [0.05, 0.1) is 17.6 Å². The van der Waals surface area contributed by atoms with E-state index in [4.69, 9.17) is 0 Å². The van der Waals surface area contributed by atoms with Crippen molar-refractivity contribution in [3.8, 4) is 0 Å². The monoisotopic (exact) mass is 219 g/mol. The van der Waals surface area contributed by atoms with E-state index in [1.165, 1.54) is 11.3 Å². The molecule has 0 saturated heterocycles. The molecule has 0 aliphatic rings. The van der Waals surface area contributed by atoms with E-state index in [1.54, 1.807) is 36.2 Å². The molecule has 0 aromatic carbocycles. The molecule has 0 unspecified atom stereocenters. The summed E-state index contributed by atoms with van der Waals surface area (Å²) in [6.07, 6.45) is 4.93. The lowest BCUT2D eigenvalue weighted by Gasteiger charge is -2.01. The standard InChI is InChI=1S/C10H9N3OS/c14-10(8-2-1-3-11-4-8)13-6-9-5-12-7-15-9/h1-5,7H,6H2,(H,13,14). The highest BCUT2D eigenvalue weighted by Crippen LogP contribution is 2.05. The normalized spacial score (nSPS) is 9.87. The van der Waals surface area contributed by atoms with Crippen molar-refractivity contribution in [2.45, 2.75) is 6.54 Å². The fraction of sp³-hybridized carbons (Fsp3) is 0.100. The molecule has 0 aliphatic carbocycles. The Labute approximate surface area is 91.0 Å². The molecule has 2 aromatic rings. The molecule has 1 amide bonds. The van der Waals surface area contributed by atoms with Crippen LogP contribution in [0.15, 0.2) is 36.2 Å². The molecule has 4 nitrogen and oxygen atoms in total. The van der Waals surface area contributed by atoms with Gasteiger partial charge in [-0.1, -0.05) is 0 Å². The summed E-state index contributed by atoms with van der Waals surface area (Å²) in [5.41, 5.74) is 2.31. The molecule has 0 atom stereocenters. The fourth-order valence-corrected chi connectivity index (χ4v) is 1.63. The zero-order valence-electron chi connectivity index (χ0n) is 7.88. The van der Waals surface area contributed by atoms with Crippen molar-refractivity contribution < 1.29 is 4.79 Å². The molecule has 2 heterocycles. The third-order valence-electron chi connectivity index (χ3n) is 1.83. The van der Waals surface area contributed by atoms with E-state index >= 15 is 0 Å². The molecule has 76 valence electrons. The van der Waals surface area contributed by atoms with Crippen LogP contribution in [0.5, 0.6) is 0 Å². The van der Waals surface area contributed by atoms with Crippen LogP contribution in [0.25, 0.3) is 0 Å². The Morgan fingerprint density at radius 2 is 2.33 bits per heavy atom. The van der Waals surface area contributed by atoms with E-state index in [9.17, 15) is 4.79 Å². The van der Waals surface area contributed by atoms with Gasteiger partial charge in [0.15, 0.2) is 0 Å². The Kier molecular flexibility index (Phi) is 3.04. The summed E-state index contributed by atoms with van der Waals surface area (Å²) in [7, 11) is 0. The van der Waals surface area contributed by atoms with Gasteiger partial charge in [0.2, 0.25) is 0 Å². The number of aromatic nitrogens is 2. The van der Waals surface area contributed by atoms with Crippen LogP contribution < -0.4 is 5.32 Å². The third kappa shape index (κ3) is 2.60. The van der Waals surface area contributed by atoms with Gasteiger partial charge in [-0.2, -0.15) is 0 Å². The maximum atomic E-state index is 11.6. The molecule has 2 rings (SSSR count). The number of hydrogen-bond donors (Lipinski definition) is 1. The van der Waals surface area contributed by atoms with Gasteiger partial charge in [0, 0.05) is 23.5 Å². The molecule has 2 aromatic heterocycles. The number of hydrogen-bond acceptors (Lipinski definition) is 4. The molecule has 0 bridgehead atoms. The summed E-state index contributed by atoms with van der Waals surface area (Å²) in [4.78, 5) is 20.4. The Bertz CT molecular complexity index is 427. The Hall–Kier alpha value is -1.75. The summed E-state index contributed by atoms with van der Waals surface area (Å²) >= 11 is 1.52. The van der Waals surface area contributed by atoms with Crippen LogP contribution in [-0.4, -0.2) is 15.9 Å². The third-order valence-corrected chi connectivity index (χ3v) is 2.61. The van der Waals surface area contributed by atoms with Gasteiger partial charge in [0.1, 0.15) is 0 Å². The first-order valence-corrected chi connectivity index (χ1v) is 5.30. The lowest BCUT2D eigenvalue weighted by atomic mass is 10.3. The van der Waals surface area contributed by atoms with E-state index < -0.39 is 0 Å². The van der Waals surface area contributed by atoms with Crippen LogP contribution >= 0.6 is 11.3 Å². The molecule has 0 radical (unpaired) electrons. The van der Waals surface area contributed by atoms with Crippen molar-refractivity contribution in [3.05, 3.63) is 46.7 Å². The number of amides is 1. The van der Waals surface area contributed by atoms with Gasteiger partial charge in [-0.05, 0) is 12.1 Å². The predicted molar refractivity (Wildman–Crippen MR) is 57.5 cm³/mol. The molecule has 0 saturated carbocycles. The fourth-order valence-electron chi connectivity index (χ4n) is 1.10. The topological polar surface area (TPSA) is 54.9 Å². The van der Waals surface area contributed by atoms with E-state index in [-0.39, 0.29) is 5.91 Å². The largest absolute Gasteiger partial charge is 0.347 e. The van der Waals surface area contributed by atoms with Gasteiger partial charge in [-0.15, -0.1) is 11.3 Å². The molecule has 0 spiro atoms. The minimum atomic E-state index is -0.114. The summed E-state index contributed by atoms with van der Waals surface area (Å²) in [5.74, 6) is -0.114. The van der Waals surface area contributed by atoms with Crippen LogP contribution in [0, 0.1) is 0 Å². The summed E-state index contributed by atoms with van der Waals surface area (Å²) in [5, 5.41) is 2.79. The highest BCUT2D eigenvalue weighted by atomic mass is 32.1. The maximum Gasteiger partial charge on any atom is 0.253 e. The van der Waals surface area contributed by atoms with Crippen molar-refractivity contribution in [1.82, 2.24) is 15.3 Å². The van der Waals surface area contributed by atoms with Crippen molar-refractivity contribution in [2.75, 3.05) is 0 Å². The van der Waals surface area contributed by atoms with Gasteiger partial charge < -0.3 is 5.32 Å². The average molecular weight is 219 g/mol. The van der Waals surface area contributed by atoms with Crippen LogP contribution in [0.4, 0.5) is 0 Å². The van der Waals surface area contributed by atoms with E-state index in [0.717, 1.165) is 4.88 Å². The number of thiazole rings is 1. The Morgan fingerprint density at radius 3 is 3.00 bits per heavy atom. The van der Waals surface area contributed by atoms with Crippen molar-refractivity contribution in [1.29, 1.82) is 0 Å². The smallest absolute Gasteiger partial charge is 0.253 e. The Morgan fingerprint density at radius 1 is 1.40 bits per heavy atom. The lowest BCUT2D eigenvalue weighted by Crippen LogP contribution is -2.22. The SMILES string of the molecule is O=C(NCc1cncs1)c1cccnc1. The van der Waals surface area contributed by atoms with Gasteiger partial charge in [-0.3, -0.25) is 14.8 Å². The van der Waals surface area contributed by atoms with Gasteiger partial charge >= 0.3 is 0 Å². The number of carbonyl (C=O) groups excluding carboxylic acids is 1. The predicted octanol–water partition coefficient (Wildman–Crippen LogP) is 1.47. The number of pyridine rings is 1. The van der Waals surface area contributed by atoms with Gasteiger partial charge in [0.25, 0.3) is 5.91 Å². The quantitative estimate of drug-likeness (QED) is 0.850. The summed E-state index contributed by atoms with van der Waals surface area (Å²) in [6.45, 7) is 0.512. The second-order valence-electron chi connectivity index (χ2n) is 2.89. The average Bonchev–Trinajstić information content (AvgIpc) is 2.80. The van der Waals surface area contributed by atoms with E-state index in [1.807, 2.05) is 0 Å². The first-order valence-electron chi connectivity index (χ1n) is 4.42. The second kappa shape index (κ2) is 4.65. The lowest BCUT2D eigenvalue weighted by molar-refractivity contribution is 0.0951. The highest BCUT2D eigenvalue weighted by molar-refractivity contribution is 7.09. The highest BCUT2D eigenvalue weighted by Gasteiger charge is 2.04. The number of nitrogens with zero attached hydrogens (tertiary/aromatic N) is 2. The van der Waals surface area contributed by atoms with Gasteiger partial charge in [-0.25, -0.2) is 0 Å².